The van der Waals surface area contributed by atoms with Crippen LogP contribution in [0.1, 0.15) is 16.8 Å². The molecular formula is C12H10F3N3O4. The summed E-state index contributed by atoms with van der Waals surface area (Å²) in [6.07, 6.45) is -6.14. The molecule has 0 aromatic heterocycles. The highest BCUT2D eigenvalue weighted by atomic mass is 19.4. The molecule has 2 N–H and O–H groups in total. The molecule has 7 nitrogen and oxygen atoms in total. The summed E-state index contributed by atoms with van der Waals surface area (Å²) in [4.78, 5) is 22.2. The van der Waals surface area contributed by atoms with Crippen molar-refractivity contribution in [3.8, 4) is 0 Å². The van der Waals surface area contributed by atoms with Gasteiger partial charge in [0.1, 0.15) is 5.56 Å². The zero-order valence-electron chi connectivity index (χ0n) is 10.9. The molecule has 2 rings (SSSR count). The van der Waals surface area contributed by atoms with Crippen LogP contribution in [0, 0.1) is 10.1 Å². The second-order valence-electron chi connectivity index (χ2n) is 4.62. The summed E-state index contributed by atoms with van der Waals surface area (Å²) >= 11 is 0. The van der Waals surface area contributed by atoms with Crippen molar-refractivity contribution in [1.29, 1.82) is 0 Å². The Labute approximate surface area is 121 Å². The molecule has 0 spiro atoms. The van der Waals surface area contributed by atoms with Gasteiger partial charge in [0.25, 0.3) is 17.3 Å². The van der Waals surface area contributed by atoms with Gasteiger partial charge in [-0.3, -0.25) is 20.3 Å². The predicted octanol–water partition coefficient (Wildman–Crippen LogP) is 1.71. The lowest BCUT2D eigenvalue weighted by Crippen LogP contribution is -2.60. The van der Waals surface area contributed by atoms with Crippen LogP contribution in [0.3, 0.4) is 0 Å². The standard InChI is InChI=1S/C12H10F3N3O4/c1-7-6-11(20,12(13,14)15)17(16-7)10(19)8-4-2-3-5-9(8)18(21)22/h2-5,16,20H,1,6H2. The van der Waals surface area contributed by atoms with Gasteiger partial charge in [0.2, 0.25) is 0 Å². The summed E-state index contributed by atoms with van der Waals surface area (Å²) in [6.45, 7) is 3.25. The first kappa shape index (κ1) is 15.8. The molecule has 1 aromatic carbocycles. The number of carbonyl (C=O) groups excluding carboxylic acids is 1. The highest BCUT2D eigenvalue weighted by Crippen LogP contribution is 2.41. The Kier molecular flexibility index (Phi) is 3.57. The molecule has 1 atom stereocenters. The van der Waals surface area contributed by atoms with E-state index in [4.69, 9.17) is 0 Å². The zero-order valence-corrected chi connectivity index (χ0v) is 10.9. The molecule has 0 radical (unpaired) electrons. The number of benzene rings is 1. The van der Waals surface area contributed by atoms with Crippen LogP contribution < -0.4 is 5.43 Å². The van der Waals surface area contributed by atoms with E-state index in [0.29, 0.717) is 0 Å². The molecule has 0 bridgehead atoms. The lowest BCUT2D eigenvalue weighted by Gasteiger charge is -2.33. The largest absolute Gasteiger partial charge is 0.438 e. The van der Waals surface area contributed by atoms with Crippen molar-refractivity contribution in [3.05, 3.63) is 52.2 Å². The van der Waals surface area contributed by atoms with Crippen molar-refractivity contribution in [2.24, 2.45) is 0 Å². The number of halogens is 3. The number of amides is 1. The van der Waals surface area contributed by atoms with Crippen LogP contribution in [0.4, 0.5) is 18.9 Å². The molecule has 1 fully saturated rings. The molecule has 0 aliphatic carbocycles. The van der Waals surface area contributed by atoms with Crippen molar-refractivity contribution >= 4 is 11.6 Å². The highest BCUT2D eigenvalue weighted by Gasteiger charge is 2.63. The minimum Gasteiger partial charge on any atom is -0.362 e. The first-order valence-corrected chi connectivity index (χ1v) is 5.89. The smallest absolute Gasteiger partial charge is 0.362 e. The van der Waals surface area contributed by atoms with Crippen LogP contribution >= 0.6 is 0 Å². The molecule has 1 aliphatic rings. The van der Waals surface area contributed by atoms with E-state index in [0.717, 1.165) is 12.1 Å². The molecule has 118 valence electrons. The zero-order chi connectivity index (χ0) is 16.7. The summed E-state index contributed by atoms with van der Waals surface area (Å²) in [5.41, 5.74) is -3.01. The first-order valence-electron chi connectivity index (χ1n) is 5.89. The predicted molar refractivity (Wildman–Crippen MR) is 67.2 cm³/mol. The third-order valence-electron chi connectivity index (χ3n) is 3.09. The van der Waals surface area contributed by atoms with Gasteiger partial charge in [-0.05, 0) is 6.07 Å². The van der Waals surface area contributed by atoms with E-state index in [1.54, 1.807) is 0 Å². The van der Waals surface area contributed by atoms with Gasteiger partial charge in [0.05, 0.1) is 4.92 Å². The van der Waals surface area contributed by atoms with Gasteiger partial charge in [0, 0.05) is 18.2 Å². The number of nitrogens with one attached hydrogen (secondary N) is 1. The number of alkyl halides is 3. The minimum atomic E-state index is -5.17. The maximum atomic E-state index is 13.0. The van der Waals surface area contributed by atoms with Crippen molar-refractivity contribution in [1.82, 2.24) is 10.4 Å². The molecule has 0 saturated carbocycles. The fourth-order valence-electron chi connectivity index (χ4n) is 2.05. The quantitative estimate of drug-likeness (QED) is 0.639. The lowest BCUT2D eigenvalue weighted by atomic mass is 10.1. The van der Waals surface area contributed by atoms with Crippen molar-refractivity contribution < 1.29 is 28.0 Å². The Morgan fingerprint density at radius 2 is 2.05 bits per heavy atom. The summed E-state index contributed by atoms with van der Waals surface area (Å²) in [6, 6.07) is 4.50. The Bertz CT molecular complexity index is 661. The SMILES string of the molecule is C=C1CC(O)(C(F)(F)F)N(C(=O)c2ccccc2[N+](=O)[O-])N1. The molecule has 1 heterocycles. The van der Waals surface area contributed by atoms with Crippen molar-refractivity contribution in [2.75, 3.05) is 0 Å². The maximum Gasteiger partial charge on any atom is 0.438 e. The summed E-state index contributed by atoms with van der Waals surface area (Å²) in [5.74, 6) is -1.38. The van der Waals surface area contributed by atoms with E-state index in [1.165, 1.54) is 12.1 Å². The van der Waals surface area contributed by atoms with E-state index < -0.39 is 40.4 Å². The van der Waals surface area contributed by atoms with Crippen LogP contribution in [-0.4, -0.2) is 32.8 Å². The normalized spacial score (nSPS) is 21.6. The van der Waals surface area contributed by atoms with E-state index in [9.17, 15) is 33.2 Å². The molecule has 1 aliphatic heterocycles. The van der Waals surface area contributed by atoms with E-state index >= 15 is 0 Å². The molecule has 1 aromatic rings. The number of nitrogens with zero attached hydrogens (tertiary/aromatic N) is 2. The van der Waals surface area contributed by atoms with Gasteiger partial charge < -0.3 is 5.11 Å². The average molecular weight is 317 g/mol. The Hall–Kier alpha value is -2.62. The van der Waals surface area contributed by atoms with Crippen LogP contribution in [0.25, 0.3) is 0 Å². The van der Waals surface area contributed by atoms with Gasteiger partial charge in [-0.2, -0.15) is 13.2 Å². The van der Waals surface area contributed by atoms with Crippen LogP contribution in [-0.2, 0) is 0 Å². The monoisotopic (exact) mass is 317 g/mol. The van der Waals surface area contributed by atoms with Crippen LogP contribution in [0.2, 0.25) is 0 Å². The third kappa shape index (κ3) is 2.37. The molecule has 22 heavy (non-hydrogen) atoms. The van der Waals surface area contributed by atoms with E-state index in [-0.39, 0.29) is 10.7 Å². The number of hydrogen-bond acceptors (Lipinski definition) is 5. The van der Waals surface area contributed by atoms with Crippen molar-refractivity contribution in [2.45, 2.75) is 18.3 Å². The van der Waals surface area contributed by atoms with Crippen LogP contribution in [0.5, 0.6) is 0 Å². The average Bonchev–Trinajstić information content (AvgIpc) is 2.74. The third-order valence-corrected chi connectivity index (χ3v) is 3.09. The van der Waals surface area contributed by atoms with Gasteiger partial charge in [0.15, 0.2) is 0 Å². The number of hydrogen-bond donors (Lipinski definition) is 2. The maximum absolute atomic E-state index is 13.0. The first-order chi connectivity index (χ1) is 10.1. The number of rotatable bonds is 2. The van der Waals surface area contributed by atoms with Gasteiger partial charge in [-0.15, -0.1) is 0 Å². The number of hydrazine groups is 1. The topological polar surface area (TPSA) is 95.7 Å². The van der Waals surface area contributed by atoms with Gasteiger partial charge in [-0.25, -0.2) is 5.01 Å². The molecule has 1 amide bonds. The highest BCUT2D eigenvalue weighted by molar-refractivity contribution is 5.98. The molecule has 10 heteroatoms. The number of para-hydroxylation sites is 1. The summed E-state index contributed by atoms with van der Waals surface area (Å²) < 4.78 is 39.1. The van der Waals surface area contributed by atoms with E-state index in [2.05, 4.69) is 6.58 Å². The number of nitro groups is 1. The Morgan fingerprint density at radius 1 is 1.45 bits per heavy atom. The van der Waals surface area contributed by atoms with Crippen LogP contribution in [0.15, 0.2) is 36.5 Å². The number of nitro benzene ring substituents is 1. The second-order valence-corrected chi connectivity index (χ2v) is 4.62. The second kappa shape index (κ2) is 4.98. The fourth-order valence-corrected chi connectivity index (χ4v) is 2.05. The lowest BCUT2D eigenvalue weighted by molar-refractivity contribution is -0.385. The van der Waals surface area contributed by atoms with Gasteiger partial charge in [-0.1, -0.05) is 18.7 Å². The number of aliphatic hydroxyl groups is 1. The molecular weight excluding hydrogens is 307 g/mol. The molecule has 1 unspecified atom stereocenters. The summed E-state index contributed by atoms with van der Waals surface area (Å²) in [5, 5.41) is 20.6. The summed E-state index contributed by atoms with van der Waals surface area (Å²) in [7, 11) is 0. The fraction of sp³-hybridized carbons (Fsp3) is 0.250. The minimum absolute atomic E-state index is 0.0856. The molecule has 1 saturated heterocycles. The number of carbonyl (C=O) groups is 1. The van der Waals surface area contributed by atoms with Crippen molar-refractivity contribution in [3.63, 3.8) is 0 Å². The van der Waals surface area contributed by atoms with Gasteiger partial charge >= 0.3 is 6.18 Å². The Balaban J connectivity index is 2.49. The van der Waals surface area contributed by atoms with E-state index in [1.807, 2.05) is 5.43 Å². The Morgan fingerprint density at radius 3 is 2.59 bits per heavy atom.